The van der Waals surface area contributed by atoms with Gasteiger partial charge in [0.1, 0.15) is 5.75 Å². The predicted octanol–water partition coefficient (Wildman–Crippen LogP) is 3.70. The van der Waals surface area contributed by atoms with Gasteiger partial charge in [-0.1, -0.05) is 37.8 Å². The van der Waals surface area contributed by atoms with E-state index in [0.717, 1.165) is 24.8 Å². The van der Waals surface area contributed by atoms with E-state index in [1.54, 1.807) is 0 Å². The van der Waals surface area contributed by atoms with E-state index in [-0.39, 0.29) is 6.10 Å². The van der Waals surface area contributed by atoms with E-state index in [9.17, 15) is 0 Å². The summed E-state index contributed by atoms with van der Waals surface area (Å²) < 4.78 is 11.9. The molecule has 2 aliphatic rings. The summed E-state index contributed by atoms with van der Waals surface area (Å²) in [7, 11) is 0. The molecule has 0 aromatic heterocycles. The Labute approximate surface area is 128 Å². The van der Waals surface area contributed by atoms with Crippen molar-refractivity contribution >= 4 is 0 Å². The summed E-state index contributed by atoms with van der Waals surface area (Å²) in [6.45, 7) is 4.62. The zero-order valence-electron chi connectivity index (χ0n) is 13.0. The summed E-state index contributed by atoms with van der Waals surface area (Å²) in [5.74, 6) is 1.82. The van der Waals surface area contributed by atoms with Gasteiger partial charge in [-0.25, -0.2) is 0 Å². The van der Waals surface area contributed by atoms with Crippen molar-refractivity contribution in [1.82, 2.24) is 5.32 Å². The first-order valence-corrected chi connectivity index (χ1v) is 8.44. The molecule has 2 unspecified atom stereocenters. The molecule has 1 saturated carbocycles. The second-order valence-electron chi connectivity index (χ2n) is 6.30. The van der Waals surface area contributed by atoms with Crippen LogP contribution in [0.5, 0.6) is 5.75 Å². The summed E-state index contributed by atoms with van der Waals surface area (Å²) in [5.41, 5.74) is 1.23. The van der Waals surface area contributed by atoms with Crippen molar-refractivity contribution in [3.63, 3.8) is 0 Å². The van der Waals surface area contributed by atoms with E-state index in [2.05, 4.69) is 23.5 Å². The first-order chi connectivity index (χ1) is 10.3. The maximum Gasteiger partial charge on any atom is 0.119 e. The average Bonchev–Trinajstić information content (AvgIpc) is 3.01. The van der Waals surface area contributed by atoms with Gasteiger partial charge in [0, 0.05) is 13.1 Å². The Morgan fingerprint density at radius 1 is 1.24 bits per heavy atom. The molecule has 0 spiro atoms. The van der Waals surface area contributed by atoms with Crippen LogP contribution < -0.4 is 10.1 Å². The summed E-state index contributed by atoms with van der Waals surface area (Å²) in [4.78, 5) is 0. The molecule has 1 aliphatic heterocycles. The van der Waals surface area contributed by atoms with Crippen molar-refractivity contribution in [1.29, 1.82) is 0 Å². The number of hydrogen-bond donors (Lipinski definition) is 1. The van der Waals surface area contributed by atoms with Gasteiger partial charge in [0.2, 0.25) is 0 Å². The van der Waals surface area contributed by atoms with E-state index < -0.39 is 0 Å². The summed E-state index contributed by atoms with van der Waals surface area (Å²) in [5, 5.41) is 3.54. The van der Waals surface area contributed by atoms with Crippen molar-refractivity contribution in [3.05, 3.63) is 29.8 Å². The fourth-order valence-corrected chi connectivity index (χ4v) is 3.63. The summed E-state index contributed by atoms with van der Waals surface area (Å²) in [6, 6.07) is 8.34. The number of morpholine rings is 1. The second-order valence-corrected chi connectivity index (χ2v) is 6.30. The standard InChI is InChI=1S/C18H27NO2/c1-2-20-16-9-5-8-15(11-16)18-13-19-12-17(21-18)10-14-6-3-4-7-14/h5,8-9,11,14,17-19H,2-4,6-7,10,12-13H2,1H3. The Bertz CT molecular complexity index is 443. The number of nitrogens with one attached hydrogen (secondary N) is 1. The number of ether oxygens (including phenoxy) is 2. The topological polar surface area (TPSA) is 30.5 Å². The maximum absolute atomic E-state index is 6.35. The van der Waals surface area contributed by atoms with Gasteiger partial charge in [-0.15, -0.1) is 0 Å². The molecular weight excluding hydrogens is 262 g/mol. The lowest BCUT2D eigenvalue weighted by Crippen LogP contribution is -2.41. The predicted molar refractivity (Wildman–Crippen MR) is 84.7 cm³/mol. The maximum atomic E-state index is 6.35. The molecular formula is C18H27NO2. The van der Waals surface area contributed by atoms with E-state index in [4.69, 9.17) is 9.47 Å². The SMILES string of the molecule is CCOc1cccc(C2CNCC(CC3CCCC3)O2)c1. The molecule has 3 nitrogen and oxygen atoms in total. The van der Waals surface area contributed by atoms with E-state index in [1.807, 2.05) is 13.0 Å². The minimum absolute atomic E-state index is 0.158. The lowest BCUT2D eigenvalue weighted by atomic mass is 9.98. The minimum Gasteiger partial charge on any atom is -0.494 e. The number of hydrogen-bond acceptors (Lipinski definition) is 3. The fourth-order valence-electron chi connectivity index (χ4n) is 3.63. The smallest absolute Gasteiger partial charge is 0.119 e. The Hall–Kier alpha value is -1.06. The van der Waals surface area contributed by atoms with Crippen LogP contribution in [0.15, 0.2) is 24.3 Å². The van der Waals surface area contributed by atoms with Gasteiger partial charge in [-0.05, 0) is 37.0 Å². The van der Waals surface area contributed by atoms with Crippen LogP contribution >= 0.6 is 0 Å². The molecule has 1 aliphatic carbocycles. The highest BCUT2D eigenvalue weighted by Crippen LogP contribution is 2.32. The van der Waals surface area contributed by atoms with E-state index in [0.29, 0.717) is 12.7 Å². The third-order valence-electron chi connectivity index (χ3n) is 4.67. The Kier molecular flexibility index (Phi) is 5.15. The number of rotatable bonds is 5. The first-order valence-electron chi connectivity index (χ1n) is 8.44. The molecule has 2 fully saturated rings. The molecule has 1 N–H and O–H groups in total. The van der Waals surface area contributed by atoms with Gasteiger partial charge >= 0.3 is 0 Å². The van der Waals surface area contributed by atoms with Crippen molar-refractivity contribution in [2.24, 2.45) is 5.92 Å². The van der Waals surface area contributed by atoms with Crippen LogP contribution in [0.1, 0.15) is 50.7 Å². The number of benzene rings is 1. The largest absolute Gasteiger partial charge is 0.494 e. The molecule has 21 heavy (non-hydrogen) atoms. The zero-order valence-corrected chi connectivity index (χ0v) is 13.0. The van der Waals surface area contributed by atoms with Crippen LogP contribution in [0.25, 0.3) is 0 Å². The monoisotopic (exact) mass is 289 g/mol. The van der Waals surface area contributed by atoms with Crippen molar-refractivity contribution in [2.75, 3.05) is 19.7 Å². The molecule has 1 aromatic carbocycles. The van der Waals surface area contributed by atoms with Crippen LogP contribution in [0.3, 0.4) is 0 Å². The highest BCUT2D eigenvalue weighted by atomic mass is 16.5. The average molecular weight is 289 g/mol. The molecule has 0 radical (unpaired) electrons. The van der Waals surface area contributed by atoms with Crippen LogP contribution in [0, 0.1) is 5.92 Å². The highest BCUT2D eigenvalue weighted by molar-refractivity contribution is 5.30. The highest BCUT2D eigenvalue weighted by Gasteiger charge is 2.27. The van der Waals surface area contributed by atoms with Crippen LogP contribution in [0.4, 0.5) is 0 Å². The van der Waals surface area contributed by atoms with Crippen LogP contribution in [-0.4, -0.2) is 25.8 Å². The molecule has 3 rings (SSSR count). The molecule has 2 atom stereocenters. The quantitative estimate of drug-likeness (QED) is 0.896. The third-order valence-corrected chi connectivity index (χ3v) is 4.67. The van der Waals surface area contributed by atoms with Crippen molar-refractivity contribution in [2.45, 2.75) is 51.2 Å². The van der Waals surface area contributed by atoms with Crippen LogP contribution in [-0.2, 0) is 4.74 Å². The lowest BCUT2D eigenvalue weighted by Gasteiger charge is -2.32. The summed E-state index contributed by atoms with van der Waals surface area (Å²) in [6.07, 6.45) is 7.34. The second kappa shape index (κ2) is 7.28. The van der Waals surface area contributed by atoms with Gasteiger partial charge in [0.25, 0.3) is 0 Å². The lowest BCUT2D eigenvalue weighted by molar-refractivity contribution is -0.0489. The summed E-state index contributed by atoms with van der Waals surface area (Å²) >= 11 is 0. The molecule has 0 bridgehead atoms. The van der Waals surface area contributed by atoms with Gasteiger partial charge in [-0.3, -0.25) is 0 Å². The Balaban J connectivity index is 1.60. The van der Waals surface area contributed by atoms with Gasteiger partial charge in [-0.2, -0.15) is 0 Å². The van der Waals surface area contributed by atoms with E-state index in [1.165, 1.54) is 37.7 Å². The molecule has 1 heterocycles. The van der Waals surface area contributed by atoms with Gasteiger partial charge < -0.3 is 14.8 Å². The Morgan fingerprint density at radius 3 is 2.90 bits per heavy atom. The van der Waals surface area contributed by atoms with Crippen LogP contribution in [0.2, 0.25) is 0 Å². The molecule has 1 saturated heterocycles. The van der Waals surface area contributed by atoms with Crippen molar-refractivity contribution < 1.29 is 9.47 Å². The fraction of sp³-hybridized carbons (Fsp3) is 0.667. The molecule has 1 aromatic rings. The molecule has 3 heteroatoms. The zero-order chi connectivity index (χ0) is 14.5. The van der Waals surface area contributed by atoms with E-state index >= 15 is 0 Å². The van der Waals surface area contributed by atoms with Gasteiger partial charge in [0.05, 0.1) is 18.8 Å². The van der Waals surface area contributed by atoms with Crippen molar-refractivity contribution in [3.8, 4) is 5.75 Å². The first kappa shape index (κ1) is 14.9. The van der Waals surface area contributed by atoms with Gasteiger partial charge in [0.15, 0.2) is 0 Å². The minimum atomic E-state index is 0.158. The normalized spacial score (nSPS) is 26.9. The molecule has 116 valence electrons. The Morgan fingerprint density at radius 2 is 2.10 bits per heavy atom. The molecule has 0 amide bonds. The third kappa shape index (κ3) is 3.98.